The maximum Gasteiger partial charge on any atom is 0.224 e. The molecule has 0 spiro atoms. The molecule has 0 unspecified atom stereocenters. The first-order valence-corrected chi connectivity index (χ1v) is 9.77. The Hall–Kier alpha value is -3.09. The first kappa shape index (κ1) is 22.2. The number of nitrogens with zero attached hydrogens (tertiary/aromatic N) is 1. The van der Waals surface area contributed by atoms with E-state index in [1.165, 1.54) is 17.7 Å². The molecule has 29 heavy (non-hydrogen) atoms. The lowest BCUT2D eigenvalue weighted by Gasteiger charge is -2.12. The molecule has 156 valence electrons. The monoisotopic (exact) mass is 400 g/mol. The highest BCUT2D eigenvalue weighted by Gasteiger charge is 2.03. The van der Waals surface area contributed by atoms with E-state index in [0.29, 0.717) is 25.6 Å². The summed E-state index contributed by atoms with van der Waals surface area (Å²) >= 11 is 0. The summed E-state index contributed by atoms with van der Waals surface area (Å²) in [5.41, 5.74) is 1.98. The van der Waals surface area contributed by atoms with Crippen LogP contribution in [0.1, 0.15) is 18.1 Å². The second kappa shape index (κ2) is 12.4. The van der Waals surface area contributed by atoms with Crippen molar-refractivity contribution in [2.45, 2.75) is 19.8 Å². The summed E-state index contributed by atoms with van der Waals surface area (Å²) in [6.45, 7) is 4.45. The number of nitrogens with one attached hydrogen (secondary N) is 3. The van der Waals surface area contributed by atoms with Gasteiger partial charge < -0.3 is 20.7 Å². The predicted molar refractivity (Wildman–Crippen MR) is 114 cm³/mol. The maximum atomic E-state index is 12.9. The number of amides is 1. The first-order valence-electron chi connectivity index (χ1n) is 9.77. The molecule has 0 heterocycles. The summed E-state index contributed by atoms with van der Waals surface area (Å²) in [5.74, 6) is 1.16. The minimum Gasteiger partial charge on any atom is -0.497 e. The zero-order chi connectivity index (χ0) is 20.9. The van der Waals surface area contributed by atoms with E-state index in [2.05, 4.69) is 20.9 Å². The molecule has 7 heteroatoms. The van der Waals surface area contributed by atoms with E-state index < -0.39 is 0 Å². The Morgan fingerprint density at radius 3 is 2.28 bits per heavy atom. The molecule has 2 aromatic carbocycles. The predicted octanol–water partition coefficient (Wildman–Crippen LogP) is 2.29. The topological polar surface area (TPSA) is 74.8 Å². The second-order valence-electron chi connectivity index (χ2n) is 6.44. The Kier molecular flexibility index (Phi) is 9.48. The average Bonchev–Trinajstić information content (AvgIpc) is 2.73. The number of halogens is 1. The number of hydrogen-bond acceptors (Lipinski definition) is 3. The summed E-state index contributed by atoms with van der Waals surface area (Å²) in [4.78, 5) is 16.5. The lowest BCUT2D eigenvalue weighted by atomic mass is 10.1. The van der Waals surface area contributed by atoms with Crippen LogP contribution in [0.3, 0.4) is 0 Å². The Bertz CT molecular complexity index is 776. The van der Waals surface area contributed by atoms with Crippen LogP contribution in [0.15, 0.2) is 53.5 Å². The van der Waals surface area contributed by atoms with Crippen molar-refractivity contribution in [2.24, 2.45) is 4.99 Å². The van der Waals surface area contributed by atoms with Crippen molar-refractivity contribution in [1.29, 1.82) is 0 Å². The van der Waals surface area contributed by atoms with Crippen LogP contribution < -0.4 is 20.7 Å². The van der Waals surface area contributed by atoms with Gasteiger partial charge in [0.2, 0.25) is 5.91 Å². The number of carbonyl (C=O) groups excluding carboxylic acids is 1. The number of hydrogen-bond donors (Lipinski definition) is 3. The average molecular weight is 400 g/mol. The van der Waals surface area contributed by atoms with Gasteiger partial charge >= 0.3 is 0 Å². The van der Waals surface area contributed by atoms with E-state index in [1.807, 2.05) is 31.2 Å². The number of rotatable bonds is 10. The molecule has 0 aliphatic carbocycles. The van der Waals surface area contributed by atoms with E-state index in [4.69, 9.17) is 4.74 Å². The number of benzene rings is 2. The number of methoxy groups -OCH3 is 1. The van der Waals surface area contributed by atoms with Crippen LogP contribution in [0.5, 0.6) is 5.75 Å². The van der Waals surface area contributed by atoms with Crippen LogP contribution >= 0.6 is 0 Å². The smallest absolute Gasteiger partial charge is 0.224 e. The highest BCUT2D eigenvalue weighted by Crippen LogP contribution is 2.11. The van der Waals surface area contributed by atoms with Crippen molar-refractivity contribution < 1.29 is 13.9 Å². The molecule has 0 fully saturated rings. The van der Waals surface area contributed by atoms with Gasteiger partial charge in [0.25, 0.3) is 0 Å². The molecule has 0 aliphatic rings. The Labute approximate surface area is 171 Å². The van der Waals surface area contributed by atoms with Crippen LogP contribution in [0, 0.1) is 5.82 Å². The Morgan fingerprint density at radius 2 is 1.62 bits per heavy atom. The van der Waals surface area contributed by atoms with E-state index in [-0.39, 0.29) is 18.1 Å². The minimum atomic E-state index is -0.305. The fourth-order valence-electron chi connectivity index (χ4n) is 2.66. The van der Waals surface area contributed by atoms with Crippen molar-refractivity contribution in [3.8, 4) is 5.75 Å². The van der Waals surface area contributed by atoms with Crippen LogP contribution in [0.4, 0.5) is 4.39 Å². The van der Waals surface area contributed by atoms with Gasteiger partial charge in [0, 0.05) is 26.2 Å². The molecule has 6 nitrogen and oxygen atoms in total. The van der Waals surface area contributed by atoms with Gasteiger partial charge in [-0.05, 0) is 48.7 Å². The standard InChI is InChI=1S/C22H29FN4O2/c1-3-24-22(26-13-12-17-6-10-20(29-2)11-7-17)27-15-14-25-21(28)16-18-4-8-19(23)9-5-18/h4-11H,3,12-16H2,1-2H3,(H,25,28)(H2,24,26,27). The molecular weight excluding hydrogens is 371 g/mol. The molecule has 3 N–H and O–H groups in total. The highest BCUT2D eigenvalue weighted by atomic mass is 19.1. The first-order chi connectivity index (χ1) is 14.1. The van der Waals surface area contributed by atoms with Crippen LogP contribution in [0.2, 0.25) is 0 Å². The van der Waals surface area contributed by atoms with Gasteiger partial charge in [0.1, 0.15) is 11.6 Å². The van der Waals surface area contributed by atoms with Crippen molar-refractivity contribution in [1.82, 2.24) is 16.0 Å². The lowest BCUT2D eigenvalue weighted by molar-refractivity contribution is -0.120. The Balaban J connectivity index is 1.69. The quantitative estimate of drug-likeness (QED) is 0.325. The van der Waals surface area contributed by atoms with E-state index >= 15 is 0 Å². The van der Waals surface area contributed by atoms with Crippen molar-refractivity contribution >= 4 is 11.9 Å². The van der Waals surface area contributed by atoms with Crippen LogP contribution in [-0.2, 0) is 17.6 Å². The number of ether oxygens (including phenoxy) is 1. The van der Waals surface area contributed by atoms with Crippen molar-refractivity contribution in [3.63, 3.8) is 0 Å². The SMILES string of the molecule is CCNC(=NCCc1ccc(OC)cc1)NCCNC(=O)Cc1ccc(F)cc1. The van der Waals surface area contributed by atoms with Crippen LogP contribution in [0.25, 0.3) is 0 Å². The molecular formula is C22H29FN4O2. The summed E-state index contributed by atoms with van der Waals surface area (Å²) in [6, 6.07) is 13.9. The third kappa shape index (κ3) is 8.64. The second-order valence-corrected chi connectivity index (χ2v) is 6.44. The summed E-state index contributed by atoms with van der Waals surface area (Å²) in [7, 11) is 1.65. The third-order valence-electron chi connectivity index (χ3n) is 4.19. The number of aliphatic imine (C=N–C) groups is 1. The number of guanidine groups is 1. The van der Waals surface area contributed by atoms with E-state index in [0.717, 1.165) is 24.3 Å². The summed E-state index contributed by atoms with van der Waals surface area (Å²) < 4.78 is 18.1. The molecule has 0 saturated carbocycles. The molecule has 0 saturated heterocycles. The zero-order valence-corrected chi connectivity index (χ0v) is 17.0. The highest BCUT2D eigenvalue weighted by molar-refractivity contribution is 5.80. The van der Waals surface area contributed by atoms with Gasteiger partial charge in [-0.15, -0.1) is 0 Å². The van der Waals surface area contributed by atoms with Crippen molar-refractivity contribution in [3.05, 3.63) is 65.5 Å². The van der Waals surface area contributed by atoms with Gasteiger partial charge in [0.05, 0.1) is 13.5 Å². The molecule has 0 aliphatic heterocycles. The van der Waals surface area contributed by atoms with Crippen molar-refractivity contribution in [2.75, 3.05) is 33.3 Å². The van der Waals surface area contributed by atoms with E-state index in [9.17, 15) is 9.18 Å². The van der Waals surface area contributed by atoms with Gasteiger partial charge in [0.15, 0.2) is 5.96 Å². The van der Waals surface area contributed by atoms with Gasteiger partial charge in [-0.25, -0.2) is 4.39 Å². The normalized spacial score (nSPS) is 11.1. The molecule has 0 atom stereocenters. The third-order valence-corrected chi connectivity index (χ3v) is 4.19. The van der Waals surface area contributed by atoms with E-state index in [1.54, 1.807) is 19.2 Å². The molecule has 2 aromatic rings. The molecule has 0 radical (unpaired) electrons. The zero-order valence-electron chi connectivity index (χ0n) is 17.0. The minimum absolute atomic E-state index is 0.0974. The fraction of sp³-hybridized carbons (Fsp3) is 0.364. The fourth-order valence-corrected chi connectivity index (χ4v) is 2.66. The van der Waals surface area contributed by atoms with Crippen LogP contribution in [-0.4, -0.2) is 45.2 Å². The van der Waals surface area contributed by atoms with Gasteiger partial charge in [-0.1, -0.05) is 24.3 Å². The van der Waals surface area contributed by atoms with Gasteiger partial charge in [-0.3, -0.25) is 9.79 Å². The molecule has 0 aromatic heterocycles. The molecule has 0 bridgehead atoms. The Morgan fingerprint density at radius 1 is 0.966 bits per heavy atom. The lowest BCUT2D eigenvalue weighted by Crippen LogP contribution is -2.41. The van der Waals surface area contributed by atoms with Gasteiger partial charge in [-0.2, -0.15) is 0 Å². The number of carbonyl (C=O) groups is 1. The molecule has 1 amide bonds. The molecule has 2 rings (SSSR count). The largest absolute Gasteiger partial charge is 0.497 e. The maximum absolute atomic E-state index is 12.9. The summed E-state index contributed by atoms with van der Waals surface area (Å²) in [5, 5.41) is 9.24. The summed E-state index contributed by atoms with van der Waals surface area (Å²) in [6.07, 6.45) is 1.06.